The number of nitrogens with one attached hydrogen (secondary N) is 1. The molecule has 4 aromatic rings. The van der Waals surface area contributed by atoms with Gasteiger partial charge in [0, 0.05) is 36.5 Å². The molecule has 4 aromatic heterocycles. The van der Waals surface area contributed by atoms with Gasteiger partial charge >= 0.3 is 0 Å². The van der Waals surface area contributed by atoms with Gasteiger partial charge in [-0.1, -0.05) is 26.8 Å². The Balaban J connectivity index is 1.57. The number of imidazole rings is 2. The summed E-state index contributed by atoms with van der Waals surface area (Å²) in [5, 5.41) is 0. The van der Waals surface area contributed by atoms with E-state index in [2.05, 4.69) is 15.0 Å². The van der Waals surface area contributed by atoms with E-state index in [1.54, 1.807) is 11.2 Å². The van der Waals surface area contributed by atoms with Crippen LogP contribution in [0, 0.1) is 0 Å². The standard InChI is InChI=1S/C21H22N6O2/c1-21(2,3)20-22-10-15(29-20)19(28)27-9-7-13-17(24-12-23-13)18(27)14-11-26-8-5-4-6-16(26)25-14/h4-6,8,10-12,18H,7,9H2,1-3H3,(H,23,24)/t18-/m1/s1. The molecule has 0 aliphatic carbocycles. The van der Waals surface area contributed by atoms with Gasteiger partial charge < -0.3 is 18.7 Å². The molecule has 29 heavy (non-hydrogen) atoms. The van der Waals surface area contributed by atoms with Crippen molar-refractivity contribution < 1.29 is 9.21 Å². The summed E-state index contributed by atoms with van der Waals surface area (Å²) in [5.74, 6) is 0.578. The summed E-state index contributed by atoms with van der Waals surface area (Å²) in [4.78, 5) is 31.9. The van der Waals surface area contributed by atoms with Gasteiger partial charge in [-0.15, -0.1) is 0 Å². The SMILES string of the molecule is CC(C)(C)c1ncc(C(=O)N2CCc3[nH]cnc3[C@H]2c2cn3ccccc3n2)o1. The Morgan fingerprint density at radius 3 is 2.90 bits per heavy atom. The fraction of sp³-hybridized carbons (Fsp3) is 0.333. The number of carbonyl (C=O) groups is 1. The molecule has 148 valence electrons. The number of oxazole rings is 1. The maximum atomic E-state index is 13.4. The molecule has 0 radical (unpaired) electrons. The monoisotopic (exact) mass is 390 g/mol. The highest BCUT2D eigenvalue weighted by molar-refractivity contribution is 5.92. The Bertz CT molecular complexity index is 1160. The van der Waals surface area contributed by atoms with Crippen LogP contribution in [0.3, 0.4) is 0 Å². The maximum Gasteiger partial charge on any atom is 0.292 e. The molecule has 1 N–H and O–H groups in total. The highest BCUT2D eigenvalue weighted by Gasteiger charge is 2.37. The summed E-state index contributed by atoms with van der Waals surface area (Å²) < 4.78 is 7.77. The smallest absolute Gasteiger partial charge is 0.292 e. The Hall–Kier alpha value is -3.42. The van der Waals surface area contributed by atoms with Crippen LogP contribution in [0.1, 0.15) is 60.3 Å². The number of nitrogens with zero attached hydrogens (tertiary/aromatic N) is 5. The van der Waals surface area contributed by atoms with Gasteiger partial charge in [0.25, 0.3) is 5.91 Å². The molecule has 0 unspecified atom stereocenters. The summed E-state index contributed by atoms with van der Waals surface area (Å²) >= 11 is 0. The number of amides is 1. The molecule has 8 heteroatoms. The lowest BCUT2D eigenvalue weighted by molar-refractivity contribution is 0.0651. The lowest BCUT2D eigenvalue weighted by Gasteiger charge is -2.33. The van der Waals surface area contributed by atoms with Gasteiger partial charge in [0.1, 0.15) is 11.7 Å². The van der Waals surface area contributed by atoms with Crippen molar-refractivity contribution in [2.24, 2.45) is 0 Å². The van der Waals surface area contributed by atoms with Crippen LogP contribution < -0.4 is 0 Å². The van der Waals surface area contributed by atoms with Crippen LogP contribution in [0.2, 0.25) is 0 Å². The summed E-state index contributed by atoms with van der Waals surface area (Å²) in [5.41, 5.74) is 3.18. The van der Waals surface area contributed by atoms with Crippen LogP contribution in [0.4, 0.5) is 0 Å². The van der Waals surface area contributed by atoms with Crippen molar-refractivity contribution in [1.29, 1.82) is 0 Å². The third-order valence-electron chi connectivity index (χ3n) is 5.21. The van der Waals surface area contributed by atoms with Crippen molar-refractivity contribution in [2.45, 2.75) is 38.6 Å². The maximum absolute atomic E-state index is 13.4. The fourth-order valence-electron chi connectivity index (χ4n) is 3.74. The molecule has 0 saturated carbocycles. The number of aromatic amines is 1. The molecule has 1 amide bonds. The van der Waals surface area contributed by atoms with Gasteiger partial charge in [0.05, 0.1) is 23.9 Å². The third-order valence-corrected chi connectivity index (χ3v) is 5.21. The quantitative estimate of drug-likeness (QED) is 0.568. The first-order valence-corrected chi connectivity index (χ1v) is 9.65. The van der Waals surface area contributed by atoms with E-state index in [-0.39, 0.29) is 23.1 Å². The normalized spacial score (nSPS) is 16.9. The molecular weight excluding hydrogens is 368 g/mol. The molecule has 0 aromatic carbocycles. The van der Waals surface area contributed by atoms with Crippen molar-refractivity contribution >= 4 is 11.6 Å². The number of carbonyl (C=O) groups excluding carboxylic acids is 1. The second-order valence-electron chi connectivity index (χ2n) is 8.33. The zero-order valence-electron chi connectivity index (χ0n) is 16.6. The number of H-pyrrole nitrogens is 1. The molecule has 8 nitrogen and oxygen atoms in total. The van der Waals surface area contributed by atoms with Crippen LogP contribution in [0.5, 0.6) is 0 Å². The van der Waals surface area contributed by atoms with E-state index in [0.717, 1.165) is 22.7 Å². The van der Waals surface area contributed by atoms with Gasteiger partial charge in [0.2, 0.25) is 11.7 Å². The molecule has 1 aliphatic rings. The Kier molecular flexibility index (Phi) is 3.84. The molecule has 1 aliphatic heterocycles. The number of rotatable bonds is 2. The molecule has 1 atom stereocenters. The summed E-state index contributed by atoms with van der Waals surface area (Å²) in [6.07, 6.45) is 7.78. The van der Waals surface area contributed by atoms with E-state index in [0.29, 0.717) is 18.9 Å². The molecule has 5 heterocycles. The lowest BCUT2D eigenvalue weighted by Crippen LogP contribution is -2.40. The zero-order valence-corrected chi connectivity index (χ0v) is 16.6. The first kappa shape index (κ1) is 17.7. The predicted octanol–water partition coefficient (Wildman–Crippen LogP) is 3.13. The molecule has 0 bridgehead atoms. The van der Waals surface area contributed by atoms with E-state index in [1.165, 1.54) is 6.20 Å². The Labute approximate surface area is 167 Å². The van der Waals surface area contributed by atoms with Crippen LogP contribution in [0.15, 0.2) is 47.5 Å². The average Bonchev–Trinajstić information content (AvgIpc) is 3.44. The highest BCUT2D eigenvalue weighted by atomic mass is 16.4. The van der Waals surface area contributed by atoms with Crippen molar-refractivity contribution in [3.8, 4) is 0 Å². The minimum atomic E-state index is -0.388. The lowest BCUT2D eigenvalue weighted by atomic mass is 9.97. The van der Waals surface area contributed by atoms with Gasteiger partial charge in [-0.2, -0.15) is 0 Å². The minimum Gasteiger partial charge on any atom is -0.435 e. The van der Waals surface area contributed by atoms with Crippen LogP contribution >= 0.6 is 0 Å². The summed E-state index contributed by atoms with van der Waals surface area (Å²) in [7, 11) is 0. The number of aromatic nitrogens is 5. The van der Waals surface area contributed by atoms with Gasteiger partial charge in [-0.3, -0.25) is 4.79 Å². The summed E-state index contributed by atoms with van der Waals surface area (Å²) in [6, 6.07) is 5.44. The highest BCUT2D eigenvalue weighted by Crippen LogP contribution is 2.34. The van der Waals surface area contributed by atoms with Crippen molar-refractivity contribution in [1.82, 2.24) is 29.2 Å². The second-order valence-corrected chi connectivity index (χ2v) is 8.33. The average molecular weight is 390 g/mol. The van der Waals surface area contributed by atoms with E-state index >= 15 is 0 Å². The molecule has 0 saturated heterocycles. The zero-order chi connectivity index (χ0) is 20.2. The topological polar surface area (TPSA) is 92.3 Å². The third kappa shape index (κ3) is 2.91. The molecule has 0 fully saturated rings. The molecular formula is C21H22N6O2. The number of pyridine rings is 1. The van der Waals surface area contributed by atoms with Crippen LogP contribution in [-0.4, -0.2) is 41.7 Å². The minimum absolute atomic E-state index is 0.205. The van der Waals surface area contributed by atoms with Crippen molar-refractivity contribution in [3.63, 3.8) is 0 Å². The van der Waals surface area contributed by atoms with Crippen molar-refractivity contribution in [2.75, 3.05) is 6.54 Å². The van der Waals surface area contributed by atoms with Crippen LogP contribution in [-0.2, 0) is 11.8 Å². The van der Waals surface area contributed by atoms with Gasteiger partial charge in [-0.25, -0.2) is 15.0 Å². The van der Waals surface area contributed by atoms with Gasteiger partial charge in [-0.05, 0) is 12.1 Å². The van der Waals surface area contributed by atoms with E-state index in [1.807, 2.05) is 55.8 Å². The van der Waals surface area contributed by atoms with E-state index in [9.17, 15) is 4.79 Å². The Morgan fingerprint density at radius 1 is 1.28 bits per heavy atom. The van der Waals surface area contributed by atoms with E-state index < -0.39 is 0 Å². The van der Waals surface area contributed by atoms with Gasteiger partial charge in [0.15, 0.2) is 0 Å². The second kappa shape index (κ2) is 6.30. The van der Waals surface area contributed by atoms with E-state index in [4.69, 9.17) is 9.40 Å². The van der Waals surface area contributed by atoms with Crippen LogP contribution in [0.25, 0.3) is 5.65 Å². The predicted molar refractivity (Wildman–Crippen MR) is 106 cm³/mol. The first-order valence-electron chi connectivity index (χ1n) is 9.65. The largest absolute Gasteiger partial charge is 0.435 e. The Morgan fingerprint density at radius 2 is 2.14 bits per heavy atom. The number of hydrogen-bond acceptors (Lipinski definition) is 5. The number of fused-ring (bicyclic) bond motifs is 2. The fourth-order valence-corrected chi connectivity index (χ4v) is 3.74. The molecule has 5 rings (SSSR count). The number of hydrogen-bond donors (Lipinski definition) is 1. The molecule has 0 spiro atoms. The van der Waals surface area contributed by atoms with Crippen molar-refractivity contribution in [3.05, 3.63) is 71.8 Å². The summed E-state index contributed by atoms with van der Waals surface area (Å²) in [6.45, 7) is 6.55. The first-order chi connectivity index (χ1) is 13.9.